The molecule has 0 radical (unpaired) electrons. The number of imidazole rings is 1. The SMILES string of the molecule is CC(C)[Si](OCc1cc(C2CC2)cn2cc(CN=[N+]=[N-])nc12)(C(C)C)C(C)C. The minimum atomic E-state index is -1.94. The summed E-state index contributed by atoms with van der Waals surface area (Å²) in [5.41, 5.74) is 14.5. The first-order valence-corrected chi connectivity index (χ1v) is 12.6. The number of rotatable bonds is 9. The minimum absolute atomic E-state index is 0.278. The largest absolute Gasteiger partial charge is 0.412 e. The van der Waals surface area contributed by atoms with E-state index in [2.05, 4.69) is 68.2 Å². The molecule has 0 aromatic carbocycles. The molecule has 0 amide bonds. The van der Waals surface area contributed by atoms with Gasteiger partial charge >= 0.3 is 0 Å². The lowest BCUT2D eigenvalue weighted by Crippen LogP contribution is -2.47. The van der Waals surface area contributed by atoms with Crippen molar-refractivity contribution in [1.29, 1.82) is 0 Å². The van der Waals surface area contributed by atoms with Gasteiger partial charge in [-0.2, -0.15) is 0 Å². The van der Waals surface area contributed by atoms with E-state index in [0.29, 0.717) is 29.1 Å². The van der Waals surface area contributed by atoms with Gasteiger partial charge in [-0.15, -0.1) is 0 Å². The summed E-state index contributed by atoms with van der Waals surface area (Å²) in [6, 6.07) is 2.29. The van der Waals surface area contributed by atoms with Crippen molar-refractivity contribution in [3.8, 4) is 0 Å². The lowest BCUT2D eigenvalue weighted by molar-refractivity contribution is 0.266. The van der Waals surface area contributed by atoms with Gasteiger partial charge in [0.15, 0.2) is 0 Å². The Bertz CT molecular complexity index is 857. The van der Waals surface area contributed by atoms with Crippen molar-refractivity contribution < 1.29 is 4.43 Å². The highest BCUT2D eigenvalue weighted by molar-refractivity contribution is 6.77. The van der Waals surface area contributed by atoms with E-state index in [4.69, 9.17) is 14.9 Å². The molecule has 0 atom stereocenters. The summed E-state index contributed by atoms with van der Waals surface area (Å²) in [6.45, 7) is 14.8. The van der Waals surface area contributed by atoms with E-state index in [9.17, 15) is 0 Å². The molecule has 3 rings (SSSR count). The maximum Gasteiger partial charge on any atom is 0.200 e. The quantitative estimate of drug-likeness (QED) is 0.203. The molecule has 0 aliphatic heterocycles. The average molecular weight is 400 g/mol. The van der Waals surface area contributed by atoms with Crippen LogP contribution in [-0.2, 0) is 17.6 Å². The minimum Gasteiger partial charge on any atom is -0.412 e. The van der Waals surface area contributed by atoms with Gasteiger partial charge in [0.25, 0.3) is 0 Å². The fraction of sp³-hybridized carbons (Fsp3) is 0.667. The maximum absolute atomic E-state index is 8.62. The number of pyridine rings is 1. The summed E-state index contributed by atoms with van der Waals surface area (Å²) < 4.78 is 8.95. The highest BCUT2D eigenvalue weighted by Crippen LogP contribution is 2.44. The predicted molar refractivity (Wildman–Crippen MR) is 116 cm³/mol. The Balaban J connectivity index is 1.98. The molecule has 0 unspecified atom stereocenters. The summed E-state index contributed by atoms with van der Waals surface area (Å²) >= 11 is 0. The van der Waals surface area contributed by atoms with Crippen molar-refractivity contribution in [2.45, 2.75) is 90.1 Å². The van der Waals surface area contributed by atoms with Crippen LogP contribution in [0.15, 0.2) is 23.6 Å². The Labute approximate surface area is 169 Å². The van der Waals surface area contributed by atoms with Gasteiger partial charge in [0.1, 0.15) is 5.65 Å². The van der Waals surface area contributed by atoms with Crippen LogP contribution < -0.4 is 0 Å². The third-order valence-electron chi connectivity index (χ3n) is 6.23. The fourth-order valence-corrected chi connectivity index (χ4v) is 10.3. The standard InChI is InChI=1S/C21H33N5OSi/c1-14(2)28(15(3)4,16(5)6)27-13-19-9-18(17-7-8-17)11-26-12-20(10-23-25-22)24-21(19)26/h9,11-12,14-17H,7-8,10,13H2,1-6H3. The van der Waals surface area contributed by atoms with Crippen molar-refractivity contribution in [1.82, 2.24) is 9.38 Å². The number of hydrogen-bond donors (Lipinski definition) is 0. The van der Waals surface area contributed by atoms with Crippen LogP contribution in [0.2, 0.25) is 16.6 Å². The average Bonchev–Trinajstić information content (AvgIpc) is 3.39. The molecule has 0 spiro atoms. The normalized spacial score (nSPS) is 15.0. The van der Waals surface area contributed by atoms with E-state index in [1.54, 1.807) is 0 Å². The van der Waals surface area contributed by atoms with Gasteiger partial charge in [-0.05, 0) is 52.5 Å². The van der Waals surface area contributed by atoms with Crippen molar-refractivity contribution >= 4 is 14.0 Å². The number of hydrogen-bond acceptors (Lipinski definition) is 3. The molecular weight excluding hydrogens is 366 g/mol. The third-order valence-corrected chi connectivity index (χ3v) is 12.3. The fourth-order valence-electron chi connectivity index (χ4n) is 4.87. The molecule has 2 aromatic rings. The third kappa shape index (κ3) is 3.97. The van der Waals surface area contributed by atoms with Crippen LogP contribution in [0.4, 0.5) is 0 Å². The second kappa shape index (κ2) is 8.27. The molecular formula is C21H33N5OSi. The van der Waals surface area contributed by atoms with Crippen molar-refractivity contribution in [2.75, 3.05) is 0 Å². The van der Waals surface area contributed by atoms with Gasteiger partial charge in [-0.3, -0.25) is 0 Å². The zero-order valence-electron chi connectivity index (χ0n) is 18.0. The summed E-state index contributed by atoms with van der Waals surface area (Å²) in [6.07, 6.45) is 6.68. The Kier molecular flexibility index (Phi) is 6.17. The molecule has 28 heavy (non-hydrogen) atoms. The van der Waals surface area contributed by atoms with E-state index in [-0.39, 0.29) is 6.54 Å². The molecule has 1 fully saturated rings. The van der Waals surface area contributed by atoms with Crippen molar-refractivity contribution in [2.24, 2.45) is 5.11 Å². The van der Waals surface area contributed by atoms with Crippen molar-refractivity contribution in [3.05, 3.63) is 45.7 Å². The Morgan fingerprint density at radius 1 is 1.18 bits per heavy atom. The van der Waals surface area contributed by atoms with Crippen LogP contribution in [0.25, 0.3) is 16.1 Å². The first-order chi connectivity index (χ1) is 13.3. The smallest absolute Gasteiger partial charge is 0.200 e. The summed E-state index contributed by atoms with van der Waals surface area (Å²) in [4.78, 5) is 7.60. The van der Waals surface area contributed by atoms with Crippen molar-refractivity contribution in [3.63, 3.8) is 0 Å². The van der Waals surface area contributed by atoms with Gasteiger partial charge in [0.05, 0.1) is 18.8 Å². The van der Waals surface area contributed by atoms with Crippen LogP contribution in [0.3, 0.4) is 0 Å². The molecule has 152 valence electrons. The van der Waals surface area contributed by atoms with Gasteiger partial charge in [-0.25, -0.2) is 4.98 Å². The van der Waals surface area contributed by atoms with Gasteiger partial charge in [-0.1, -0.05) is 46.7 Å². The molecule has 7 heteroatoms. The molecule has 1 aliphatic carbocycles. The molecule has 0 bridgehead atoms. The van der Waals surface area contributed by atoms with E-state index in [1.165, 1.54) is 18.4 Å². The Hall–Kier alpha value is -1.82. The molecule has 2 heterocycles. The zero-order valence-corrected chi connectivity index (χ0v) is 19.0. The second-order valence-corrected chi connectivity index (χ2v) is 14.5. The van der Waals surface area contributed by atoms with Crippen LogP contribution >= 0.6 is 0 Å². The Morgan fingerprint density at radius 3 is 2.36 bits per heavy atom. The summed E-state index contributed by atoms with van der Waals surface area (Å²) in [5.74, 6) is 0.661. The van der Waals surface area contributed by atoms with Crippen LogP contribution in [0, 0.1) is 0 Å². The first-order valence-electron chi connectivity index (χ1n) is 10.4. The number of aromatic nitrogens is 2. The molecule has 0 saturated heterocycles. The highest BCUT2D eigenvalue weighted by atomic mass is 28.4. The lowest BCUT2D eigenvalue weighted by atomic mass is 10.1. The van der Waals surface area contributed by atoms with E-state index < -0.39 is 8.32 Å². The van der Waals surface area contributed by atoms with Gasteiger partial charge < -0.3 is 8.83 Å². The maximum atomic E-state index is 8.62. The van der Waals surface area contributed by atoms with E-state index in [0.717, 1.165) is 16.9 Å². The van der Waals surface area contributed by atoms with Crippen LogP contribution in [0.5, 0.6) is 0 Å². The first kappa shape index (κ1) is 20.9. The van der Waals surface area contributed by atoms with Crippen LogP contribution in [0.1, 0.15) is 77.1 Å². The monoisotopic (exact) mass is 399 g/mol. The number of azide groups is 1. The number of nitrogens with zero attached hydrogens (tertiary/aromatic N) is 5. The van der Waals surface area contributed by atoms with E-state index >= 15 is 0 Å². The molecule has 2 aromatic heterocycles. The van der Waals surface area contributed by atoms with Crippen LogP contribution in [-0.4, -0.2) is 17.7 Å². The highest BCUT2D eigenvalue weighted by Gasteiger charge is 2.45. The topological polar surface area (TPSA) is 75.3 Å². The lowest BCUT2D eigenvalue weighted by Gasteiger charge is -2.42. The summed E-state index contributed by atoms with van der Waals surface area (Å²) in [5, 5.41) is 3.67. The molecule has 0 N–H and O–H groups in total. The summed E-state index contributed by atoms with van der Waals surface area (Å²) in [7, 11) is -1.94. The Morgan fingerprint density at radius 2 is 1.82 bits per heavy atom. The van der Waals surface area contributed by atoms with Gasteiger partial charge in [0.2, 0.25) is 8.32 Å². The molecule has 6 nitrogen and oxygen atoms in total. The predicted octanol–water partition coefficient (Wildman–Crippen LogP) is 6.71. The van der Waals surface area contributed by atoms with E-state index in [1.807, 2.05) is 6.20 Å². The molecule has 1 saturated carbocycles. The zero-order chi connectivity index (χ0) is 20.5. The van der Waals surface area contributed by atoms with Gasteiger partial charge in [0, 0.05) is 22.9 Å². The molecule has 1 aliphatic rings. The second-order valence-electron chi connectivity index (χ2n) is 9.03. The number of fused-ring (bicyclic) bond motifs is 1.